The highest BCUT2D eigenvalue weighted by molar-refractivity contribution is 7.99. The van der Waals surface area contributed by atoms with Crippen molar-refractivity contribution in [3.63, 3.8) is 0 Å². The van der Waals surface area contributed by atoms with Crippen LogP contribution in [0.1, 0.15) is 185 Å². The van der Waals surface area contributed by atoms with Crippen molar-refractivity contribution in [2.24, 2.45) is 0 Å². The number of hydrogen-bond acceptors (Lipinski definition) is 4. The maximum absolute atomic E-state index is 12.8. The summed E-state index contributed by atoms with van der Waals surface area (Å²) in [5.74, 6) is 1.42. The van der Waals surface area contributed by atoms with E-state index in [1.807, 2.05) is 23.9 Å². The van der Waals surface area contributed by atoms with Gasteiger partial charge in [-0.1, -0.05) is 191 Å². The van der Waals surface area contributed by atoms with Crippen LogP contribution in [0, 0.1) is 0 Å². The lowest BCUT2D eigenvalue weighted by Crippen LogP contribution is -2.06. The van der Waals surface area contributed by atoms with Gasteiger partial charge in [-0.25, -0.2) is 8.42 Å². The predicted molar refractivity (Wildman–Crippen MR) is 217 cm³/mol. The van der Waals surface area contributed by atoms with E-state index in [-0.39, 0.29) is 5.75 Å². The summed E-state index contributed by atoms with van der Waals surface area (Å²) in [5.41, 5.74) is 2.17. The second-order valence-electron chi connectivity index (χ2n) is 14.2. The fraction of sp³-hybridized carbons (Fsp3) is 0.682. The Hall–Kier alpha value is -1.56. The number of thioether (sulfide) groups is 1. The summed E-state index contributed by atoms with van der Waals surface area (Å²) in [5, 5.41) is 8.83. The molecule has 0 spiro atoms. The Kier molecular flexibility index (Phi) is 26.8. The highest BCUT2D eigenvalue weighted by Crippen LogP contribution is 2.22. The Bertz CT molecular complexity index is 1160. The fourth-order valence-electron chi connectivity index (χ4n) is 6.43. The van der Waals surface area contributed by atoms with E-state index >= 15 is 0 Å². The van der Waals surface area contributed by atoms with Gasteiger partial charge in [0.15, 0.2) is 9.84 Å². The van der Waals surface area contributed by atoms with Gasteiger partial charge in [-0.05, 0) is 60.4 Å². The van der Waals surface area contributed by atoms with E-state index in [0.717, 1.165) is 43.2 Å². The average molecular weight is 713 g/mol. The van der Waals surface area contributed by atoms with Crippen LogP contribution in [0.5, 0.6) is 0 Å². The molecule has 49 heavy (non-hydrogen) atoms. The fourth-order valence-corrected chi connectivity index (χ4v) is 8.71. The van der Waals surface area contributed by atoms with Gasteiger partial charge in [0.2, 0.25) is 0 Å². The number of unbranched alkanes of at least 4 members (excludes halogenated alkanes) is 24. The summed E-state index contributed by atoms with van der Waals surface area (Å²) >= 11 is 1.96. The van der Waals surface area contributed by atoms with Crippen molar-refractivity contribution in [2.45, 2.75) is 184 Å². The van der Waals surface area contributed by atoms with Crippen LogP contribution in [0.15, 0.2) is 58.3 Å². The standard InChI is InChI=1S/C44H72O3S2/c1-2-3-4-5-6-7-8-9-10-11-12-14-17-20-23-26-39-48-43-34-30-41(31-35-43)28-29-42-32-36-44(37-33-42)49(46,47)40-27-24-21-18-15-13-16-19-22-25-38-45/h28-37,45H,2-27,38-40H2,1H3. The number of aliphatic hydroxyl groups is 1. The molecule has 2 aromatic carbocycles. The third kappa shape index (κ3) is 23.5. The van der Waals surface area contributed by atoms with Crippen LogP contribution >= 0.6 is 11.8 Å². The zero-order valence-corrected chi connectivity index (χ0v) is 33.0. The molecule has 0 heterocycles. The third-order valence-electron chi connectivity index (χ3n) is 9.68. The number of aliphatic hydroxyl groups excluding tert-OH is 1. The largest absolute Gasteiger partial charge is 0.396 e. The molecule has 0 aromatic heterocycles. The minimum absolute atomic E-state index is 0.229. The van der Waals surface area contributed by atoms with Gasteiger partial charge in [-0.3, -0.25) is 0 Å². The first-order chi connectivity index (χ1) is 24.0. The lowest BCUT2D eigenvalue weighted by atomic mass is 10.0. The number of hydrogen-bond donors (Lipinski definition) is 1. The Morgan fingerprint density at radius 3 is 1.29 bits per heavy atom. The van der Waals surface area contributed by atoms with Gasteiger partial charge < -0.3 is 5.11 Å². The zero-order valence-electron chi connectivity index (χ0n) is 31.4. The number of rotatable bonds is 33. The van der Waals surface area contributed by atoms with Gasteiger partial charge in [0.1, 0.15) is 0 Å². The monoisotopic (exact) mass is 712 g/mol. The van der Waals surface area contributed by atoms with Crippen LogP contribution in [0.3, 0.4) is 0 Å². The Morgan fingerprint density at radius 1 is 0.490 bits per heavy atom. The Balaban J connectivity index is 1.50. The molecule has 0 saturated heterocycles. The Labute approximate surface area is 307 Å². The summed E-state index contributed by atoms with van der Waals surface area (Å²) in [6, 6.07) is 16.1. The van der Waals surface area contributed by atoms with Gasteiger partial charge in [-0.2, -0.15) is 0 Å². The molecule has 2 aromatic rings. The minimum atomic E-state index is -3.23. The van der Waals surface area contributed by atoms with Crippen LogP contribution in [-0.4, -0.2) is 31.6 Å². The maximum Gasteiger partial charge on any atom is 0.178 e. The van der Waals surface area contributed by atoms with E-state index in [2.05, 4.69) is 43.3 Å². The van der Waals surface area contributed by atoms with Crippen LogP contribution in [0.2, 0.25) is 0 Å². The molecule has 0 amide bonds. The Morgan fingerprint density at radius 2 is 0.857 bits per heavy atom. The molecule has 0 atom stereocenters. The summed E-state index contributed by atoms with van der Waals surface area (Å²) < 4.78 is 25.6. The summed E-state index contributed by atoms with van der Waals surface area (Å²) in [6.07, 6.45) is 37.7. The van der Waals surface area contributed by atoms with Gasteiger partial charge in [0.25, 0.3) is 0 Å². The SMILES string of the molecule is CCCCCCCCCCCCCCCCCCSc1ccc(C=Cc2ccc(S(=O)(=O)CCCCCCCCCCCCO)cc2)cc1. The second-order valence-corrected chi connectivity index (χ2v) is 17.5. The van der Waals surface area contributed by atoms with E-state index in [9.17, 15) is 8.42 Å². The average Bonchev–Trinajstić information content (AvgIpc) is 3.11. The molecular weight excluding hydrogens is 641 g/mol. The molecular formula is C44H72O3S2. The molecule has 0 aliphatic heterocycles. The quantitative estimate of drug-likeness (QED) is 0.0455. The van der Waals surface area contributed by atoms with Gasteiger partial charge in [0.05, 0.1) is 10.6 Å². The maximum atomic E-state index is 12.8. The molecule has 5 heteroatoms. The predicted octanol–water partition coefficient (Wildman–Crippen LogP) is 13.9. The van der Waals surface area contributed by atoms with Crippen molar-refractivity contribution in [1.82, 2.24) is 0 Å². The third-order valence-corrected chi connectivity index (χ3v) is 12.6. The second kappa shape index (κ2) is 30.1. The zero-order chi connectivity index (χ0) is 35.1. The van der Waals surface area contributed by atoms with Crippen molar-refractivity contribution in [2.75, 3.05) is 18.1 Å². The van der Waals surface area contributed by atoms with E-state index in [1.54, 1.807) is 12.1 Å². The normalized spacial score (nSPS) is 12.0. The molecule has 0 unspecified atom stereocenters. The minimum Gasteiger partial charge on any atom is -0.396 e. The molecule has 0 fully saturated rings. The van der Waals surface area contributed by atoms with Crippen molar-refractivity contribution in [3.05, 3.63) is 59.7 Å². The van der Waals surface area contributed by atoms with Crippen LogP contribution < -0.4 is 0 Å². The molecule has 0 saturated carbocycles. The highest BCUT2D eigenvalue weighted by atomic mass is 32.2. The first kappa shape index (κ1) is 43.6. The molecule has 0 aliphatic carbocycles. The highest BCUT2D eigenvalue weighted by Gasteiger charge is 2.13. The smallest absolute Gasteiger partial charge is 0.178 e. The summed E-state index contributed by atoms with van der Waals surface area (Å²) in [4.78, 5) is 1.76. The van der Waals surface area contributed by atoms with Crippen molar-refractivity contribution < 1.29 is 13.5 Å². The van der Waals surface area contributed by atoms with E-state index in [4.69, 9.17) is 5.11 Å². The van der Waals surface area contributed by atoms with Crippen molar-refractivity contribution in [1.29, 1.82) is 0 Å². The lowest BCUT2D eigenvalue weighted by molar-refractivity contribution is 0.282. The lowest BCUT2D eigenvalue weighted by Gasteiger charge is -2.06. The topological polar surface area (TPSA) is 54.4 Å². The first-order valence-electron chi connectivity index (χ1n) is 20.4. The first-order valence-corrected chi connectivity index (χ1v) is 23.0. The van der Waals surface area contributed by atoms with Crippen molar-refractivity contribution in [3.8, 4) is 0 Å². The number of benzene rings is 2. The van der Waals surface area contributed by atoms with Crippen LogP contribution in [0.25, 0.3) is 12.2 Å². The molecule has 0 radical (unpaired) electrons. The van der Waals surface area contributed by atoms with Gasteiger partial charge in [0, 0.05) is 11.5 Å². The van der Waals surface area contributed by atoms with Crippen LogP contribution in [0.4, 0.5) is 0 Å². The molecule has 0 aliphatic rings. The molecule has 3 nitrogen and oxygen atoms in total. The molecule has 278 valence electrons. The van der Waals surface area contributed by atoms with Crippen molar-refractivity contribution >= 4 is 33.8 Å². The van der Waals surface area contributed by atoms with Gasteiger partial charge >= 0.3 is 0 Å². The van der Waals surface area contributed by atoms with Crippen LogP contribution in [-0.2, 0) is 9.84 Å². The summed E-state index contributed by atoms with van der Waals surface area (Å²) in [6.45, 7) is 2.60. The number of sulfone groups is 1. The van der Waals surface area contributed by atoms with E-state index in [0.29, 0.717) is 11.5 Å². The molecule has 0 bridgehead atoms. The van der Waals surface area contributed by atoms with E-state index < -0.39 is 9.84 Å². The summed E-state index contributed by atoms with van der Waals surface area (Å²) in [7, 11) is -3.23. The van der Waals surface area contributed by atoms with Gasteiger partial charge in [-0.15, -0.1) is 11.8 Å². The van der Waals surface area contributed by atoms with E-state index in [1.165, 1.54) is 145 Å². The molecule has 2 rings (SSSR count). The molecule has 1 N–H and O–H groups in total.